The predicted octanol–water partition coefficient (Wildman–Crippen LogP) is 3.73. The number of rotatable bonds is 2. The number of fused-ring (bicyclic) bond motifs is 1. The van der Waals surface area contributed by atoms with E-state index in [1.54, 1.807) is 0 Å². The van der Waals surface area contributed by atoms with Gasteiger partial charge >= 0.3 is 0 Å². The van der Waals surface area contributed by atoms with Crippen molar-refractivity contribution in [3.8, 4) is 0 Å². The number of aryl methyl sites for hydroxylation is 1. The van der Waals surface area contributed by atoms with E-state index >= 15 is 0 Å². The summed E-state index contributed by atoms with van der Waals surface area (Å²) in [7, 11) is 0. The fourth-order valence-corrected chi connectivity index (χ4v) is 2.65. The summed E-state index contributed by atoms with van der Waals surface area (Å²) in [6.45, 7) is 0. The van der Waals surface area contributed by atoms with Gasteiger partial charge in [0.2, 0.25) is 0 Å². The predicted molar refractivity (Wildman–Crippen MR) is 75.5 cm³/mol. The molecule has 0 fully saturated rings. The first-order valence-electron chi connectivity index (χ1n) is 6.15. The van der Waals surface area contributed by atoms with Gasteiger partial charge in [-0.2, -0.15) is 0 Å². The van der Waals surface area contributed by atoms with Gasteiger partial charge in [-0.3, -0.25) is 4.98 Å². The highest BCUT2D eigenvalue weighted by Crippen LogP contribution is 2.30. The minimum atomic E-state index is 0.304. The summed E-state index contributed by atoms with van der Waals surface area (Å²) in [5.41, 5.74) is 3.60. The largest absolute Gasteiger partial charge is 0.375 e. The van der Waals surface area contributed by atoms with Crippen molar-refractivity contribution in [2.45, 2.75) is 25.3 Å². The maximum Gasteiger partial charge on any atom is 0.106 e. The van der Waals surface area contributed by atoms with Gasteiger partial charge in [-0.15, -0.1) is 0 Å². The maximum atomic E-state index is 4.52. The quantitative estimate of drug-likeness (QED) is 0.859. The lowest BCUT2D eigenvalue weighted by atomic mass is 9.92. The number of pyridine rings is 2. The molecule has 1 N–H and O–H groups in total. The van der Waals surface area contributed by atoms with Crippen molar-refractivity contribution in [1.29, 1.82) is 0 Å². The first-order chi connectivity index (χ1) is 8.83. The molecule has 2 aromatic heterocycles. The van der Waals surface area contributed by atoms with Gasteiger partial charge < -0.3 is 5.32 Å². The molecule has 2 heterocycles. The Balaban J connectivity index is 1.84. The van der Waals surface area contributed by atoms with E-state index in [1.807, 2.05) is 30.6 Å². The first kappa shape index (κ1) is 11.7. The molecular weight excluding hydrogens is 290 g/mol. The van der Waals surface area contributed by atoms with Crippen molar-refractivity contribution in [3.05, 3.63) is 52.5 Å². The maximum absolute atomic E-state index is 4.52. The van der Waals surface area contributed by atoms with E-state index in [1.165, 1.54) is 17.7 Å². The molecule has 92 valence electrons. The standard InChI is InChI=1S/C14H14BrN3/c15-13-7-6-11(9-17-13)18-12-5-1-3-10-4-2-8-16-14(10)12/h2,4,6-9,12,18H,1,3,5H2. The van der Waals surface area contributed by atoms with E-state index in [0.717, 1.165) is 23.1 Å². The smallest absolute Gasteiger partial charge is 0.106 e. The number of nitrogens with zero attached hydrogens (tertiary/aromatic N) is 2. The van der Waals surface area contributed by atoms with Crippen LogP contribution in [0.25, 0.3) is 0 Å². The van der Waals surface area contributed by atoms with Crippen LogP contribution in [0.3, 0.4) is 0 Å². The summed E-state index contributed by atoms with van der Waals surface area (Å²) in [6, 6.07) is 8.48. The molecule has 0 aliphatic heterocycles. The number of hydrogen-bond acceptors (Lipinski definition) is 3. The fourth-order valence-electron chi connectivity index (χ4n) is 2.41. The zero-order valence-electron chi connectivity index (χ0n) is 9.94. The van der Waals surface area contributed by atoms with E-state index in [9.17, 15) is 0 Å². The highest BCUT2D eigenvalue weighted by Gasteiger charge is 2.20. The molecule has 4 heteroatoms. The van der Waals surface area contributed by atoms with Gasteiger partial charge in [0.1, 0.15) is 4.60 Å². The van der Waals surface area contributed by atoms with Crippen LogP contribution in [0.15, 0.2) is 41.3 Å². The molecule has 0 saturated carbocycles. The second-order valence-corrected chi connectivity index (χ2v) is 5.32. The average Bonchev–Trinajstić information content (AvgIpc) is 2.42. The molecule has 2 aromatic rings. The highest BCUT2D eigenvalue weighted by molar-refractivity contribution is 9.10. The van der Waals surface area contributed by atoms with Crippen molar-refractivity contribution >= 4 is 21.6 Å². The van der Waals surface area contributed by atoms with Crippen LogP contribution in [0.2, 0.25) is 0 Å². The molecule has 0 radical (unpaired) electrons. The Morgan fingerprint density at radius 3 is 3.00 bits per heavy atom. The molecule has 1 aliphatic rings. The summed E-state index contributed by atoms with van der Waals surface area (Å²) < 4.78 is 0.857. The van der Waals surface area contributed by atoms with Crippen LogP contribution in [0.4, 0.5) is 5.69 Å². The lowest BCUT2D eigenvalue weighted by molar-refractivity contribution is 0.583. The van der Waals surface area contributed by atoms with E-state index in [2.05, 4.69) is 37.3 Å². The Labute approximate surface area is 115 Å². The van der Waals surface area contributed by atoms with Gasteiger partial charge in [-0.25, -0.2) is 4.98 Å². The van der Waals surface area contributed by atoms with Crippen LogP contribution >= 0.6 is 15.9 Å². The third-order valence-electron chi connectivity index (χ3n) is 3.26. The Kier molecular flexibility index (Phi) is 3.28. The van der Waals surface area contributed by atoms with Crippen molar-refractivity contribution in [3.63, 3.8) is 0 Å². The van der Waals surface area contributed by atoms with Gasteiger partial charge in [0.15, 0.2) is 0 Å². The lowest BCUT2D eigenvalue weighted by Gasteiger charge is -2.25. The van der Waals surface area contributed by atoms with Crippen LogP contribution < -0.4 is 5.32 Å². The summed E-state index contributed by atoms with van der Waals surface area (Å²) in [6.07, 6.45) is 7.19. The lowest BCUT2D eigenvalue weighted by Crippen LogP contribution is -2.18. The molecule has 0 saturated heterocycles. The molecular formula is C14H14BrN3. The average molecular weight is 304 g/mol. The number of nitrogens with one attached hydrogen (secondary N) is 1. The van der Waals surface area contributed by atoms with E-state index in [-0.39, 0.29) is 0 Å². The second kappa shape index (κ2) is 5.06. The monoisotopic (exact) mass is 303 g/mol. The van der Waals surface area contributed by atoms with E-state index in [4.69, 9.17) is 0 Å². The van der Waals surface area contributed by atoms with E-state index in [0.29, 0.717) is 6.04 Å². The normalized spacial score (nSPS) is 18.2. The van der Waals surface area contributed by atoms with Gasteiger partial charge in [0.25, 0.3) is 0 Å². The van der Waals surface area contributed by atoms with Gasteiger partial charge in [-0.1, -0.05) is 6.07 Å². The van der Waals surface area contributed by atoms with Crippen LogP contribution in [0.1, 0.15) is 30.1 Å². The van der Waals surface area contributed by atoms with Crippen LogP contribution in [0.5, 0.6) is 0 Å². The number of aromatic nitrogens is 2. The number of hydrogen-bond donors (Lipinski definition) is 1. The van der Waals surface area contributed by atoms with Crippen molar-refractivity contribution in [1.82, 2.24) is 9.97 Å². The molecule has 18 heavy (non-hydrogen) atoms. The molecule has 0 aromatic carbocycles. The summed E-state index contributed by atoms with van der Waals surface area (Å²) in [4.78, 5) is 8.76. The SMILES string of the molecule is Brc1ccc(NC2CCCc3cccnc32)cn1. The summed E-state index contributed by atoms with van der Waals surface area (Å²) in [5, 5.41) is 3.52. The first-order valence-corrected chi connectivity index (χ1v) is 6.94. The zero-order valence-corrected chi connectivity index (χ0v) is 11.5. The van der Waals surface area contributed by atoms with Crippen molar-refractivity contribution < 1.29 is 0 Å². The fraction of sp³-hybridized carbons (Fsp3) is 0.286. The Morgan fingerprint density at radius 1 is 1.22 bits per heavy atom. The second-order valence-electron chi connectivity index (χ2n) is 4.51. The molecule has 1 unspecified atom stereocenters. The Bertz CT molecular complexity index is 539. The van der Waals surface area contributed by atoms with Crippen molar-refractivity contribution in [2.75, 3.05) is 5.32 Å². The van der Waals surface area contributed by atoms with Gasteiger partial charge in [0, 0.05) is 6.20 Å². The van der Waals surface area contributed by atoms with E-state index < -0.39 is 0 Å². The Hall–Kier alpha value is -1.42. The van der Waals surface area contributed by atoms with Crippen molar-refractivity contribution in [2.24, 2.45) is 0 Å². The Morgan fingerprint density at radius 2 is 2.17 bits per heavy atom. The summed E-state index contributed by atoms with van der Waals surface area (Å²) in [5.74, 6) is 0. The number of anilines is 1. The number of halogens is 1. The third-order valence-corrected chi connectivity index (χ3v) is 3.73. The zero-order chi connectivity index (χ0) is 12.4. The molecule has 0 bridgehead atoms. The molecule has 3 rings (SSSR count). The van der Waals surface area contributed by atoms with Gasteiger partial charge in [0.05, 0.1) is 23.6 Å². The summed E-state index contributed by atoms with van der Waals surface area (Å²) >= 11 is 3.35. The molecule has 0 amide bonds. The molecule has 3 nitrogen and oxygen atoms in total. The van der Waals surface area contributed by atoms with Crippen LogP contribution in [0, 0.1) is 0 Å². The van der Waals surface area contributed by atoms with Crippen LogP contribution in [-0.2, 0) is 6.42 Å². The van der Waals surface area contributed by atoms with Gasteiger partial charge in [-0.05, 0) is 59.0 Å². The minimum Gasteiger partial charge on any atom is -0.375 e. The molecule has 1 atom stereocenters. The highest BCUT2D eigenvalue weighted by atomic mass is 79.9. The molecule has 0 spiro atoms. The topological polar surface area (TPSA) is 37.8 Å². The minimum absolute atomic E-state index is 0.304. The molecule has 1 aliphatic carbocycles. The third kappa shape index (κ3) is 2.38. The van der Waals surface area contributed by atoms with Crippen LogP contribution in [-0.4, -0.2) is 9.97 Å².